The minimum Gasteiger partial charge on any atom is -0.467 e. The number of nitrogens with zero attached hydrogens (tertiary/aromatic N) is 1. The first-order valence-electron chi connectivity index (χ1n) is 7.95. The number of carbonyl (C=O) groups is 3. The fraction of sp³-hybridized carbons (Fsp3) is 0.471. The summed E-state index contributed by atoms with van der Waals surface area (Å²) in [4.78, 5) is 46.0. The molecule has 0 heterocycles. The lowest BCUT2D eigenvalue weighted by molar-refractivity contribution is -0.385. The highest BCUT2D eigenvalue weighted by molar-refractivity contribution is 5.94. The minimum atomic E-state index is -0.861. The van der Waals surface area contributed by atoms with Crippen molar-refractivity contribution in [2.24, 2.45) is 5.92 Å². The van der Waals surface area contributed by atoms with Crippen LogP contribution < -0.4 is 5.32 Å². The Morgan fingerprint density at radius 2 is 1.92 bits per heavy atom. The predicted molar refractivity (Wildman–Crippen MR) is 91.5 cm³/mol. The third-order valence-electron chi connectivity index (χ3n) is 3.58. The molecule has 0 saturated carbocycles. The highest BCUT2D eigenvalue weighted by Gasteiger charge is 2.24. The summed E-state index contributed by atoms with van der Waals surface area (Å²) in [5.74, 6) is -1.99. The lowest BCUT2D eigenvalue weighted by Gasteiger charge is -2.18. The highest BCUT2D eigenvalue weighted by atomic mass is 16.6. The topological polar surface area (TPSA) is 125 Å². The van der Waals surface area contributed by atoms with Crippen molar-refractivity contribution in [1.82, 2.24) is 5.32 Å². The van der Waals surface area contributed by atoms with Gasteiger partial charge in [0.1, 0.15) is 6.04 Å². The third kappa shape index (κ3) is 5.83. The van der Waals surface area contributed by atoms with Gasteiger partial charge in [-0.3, -0.25) is 14.9 Å². The second kappa shape index (κ2) is 9.50. The molecule has 0 unspecified atom stereocenters. The van der Waals surface area contributed by atoms with Gasteiger partial charge in [-0.15, -0.1) is 0 Å². The molecular weight excluding hydrogens is 344 g/mol. The van der Waals surface area contributed by atoms with E-state index >= 15 is 0 Å². The average molecular weight is 366 g/mol. The maximum atomic E-state index is 12.1. The molecule has 0 fully saturated rings. The normalized spacial score (nSPS) is 11.6. The maximum Gasteiger partial charge on any atom is 0.339 e. The maximum absolute atomic E-state index is 12.1. The molecule has 0 bridgehead atoms. The number of hydrogen-bond acceptors (Lipinski definition) is 7. The number of carbonyl (C=O) groups excluding carboxylic acids is 3. The summed E-state index contributed by atoms with van der Waals surface area (Å²) in [7, 11) is 1.22. The summed E-state index contributed by atoms with van der Waals surface area (Å²) in [6.45, 7) is 4.57. The minimum absolute atomic E-state index is 0.00121. The van der Waals surface area contributed by atoms with Crippen molar-refractivity contribution in [2.45, 2.75) is 33.2 Å². The number of nitrogens with one attached hydrogen (secondary N) is 1. The standard InChI is InChI=1S/C17H22N2O7/c1-10(2)8-13(17(22)25-4)18-15(20)9-26-16(21)12-6-5-7-14(11(12)3)19(23)24/h5-7,10,13H,8-9H2,1-4H3,(H,18,20)/t13-/m0/s1. The molecular formula is C17H22N2O7. The van der Waals surface area contributed by atoms with Crippen molar-refractivity contribution in [2.75, 3.05) is 13.7 Å². The number of methoxy groups -OCH3 is 1. The first-order valence-corrected chi connectivity index (χ1v) is 7.95. The van der Waals surface area contributed by atoms with E-state index in [9.17, 15) is 24.5 Å². The molecule has 0 aliphatic heterocycles. The second-order valence-corrected chi connectivity index (χ2v) is 6.06. The summed E-state index contributed by atoms with van der Waals surface area (Å²) in [5.41, 5.74) is -0.0690. The van der Waals surface area contributed by atoms with Crippen LogP contribution in [0.5, 0.6) is 0 Å². The van der Waals surface area contributed by atoms with E-state index in [0.29, 0.717) is 6.42 Å². The van der Waals surface area contributed by atoms with Gasteiger partial charge < -0.3 is 14.8 Å². The van der Waals surface area contributed by atoms with E-state index in [1.807, 2.05) is 13.8 Å². The van der Waals surface area contributed by atoms with Gasteiger partial charge in [-0.1, -0.05) is 19.9 Å². The van der Waals surface area contributed by atoms with E-state index in [1.165, 1.54) is 32.2 Å². The highest BCUT2D eigenvalue weighted by Crippen LogP contribution is 2.21. The van der Waals surface area contributed by atoms with E-state index in [2.05, 4.69) is 10.1 Å². The Morgan fingerprint density at radius 3 is 2.46 bits per heavy atom. The van der Waals surface area contributed by atoms with Crippen LogP contribution in [0.25, 0.3) is 0 Å². The van der Waals surface area contributed by atoms with Gasteiger partial charge in [-0.05, 0) is 25.3 Å². The summed E-state index contributed by atoms with van der Waals surface area (Å²) >= 11 is 0. The van der Waals surface area contributed by atoms with Crippen LogP contribution in [0, 0.1) is 23.0 Å². The van der Waals surface area contributed by atoms with Gasteiger partial charge >= 0.3 is 11.9 Å². The van der Waals surface area contributed by atoms with E-state index in [0.717, 1.165) is 0 Å². The fourth-order valence-electron chi connectivity index (χ4n) is 2.31. The van der Waals surface area contributed by atoms with Crippen molar-refractivity contribution in [3.05, 3.63) is 39.4 Å². The molecule has 0 saturated heterocycles. The Bertz CT molecular complexity index is 700. The summed E-state index contributed by atoms with van der Waals surface area (Å²) < 4.78 is 9.53. The number of rotatable bonds is 8. The number of benzene rings is 1. The lowest BCUT2D eigenvalue weighted by Crippen LogP contribution is -2.44. The zero-order chi connectivity index (χ0) is 19.9. The lowest BCUT2D eigenvalue weighted by atomic mass is 10.0. The molecule has 0 aliphatic rings. The smallest absolute Gasteiger partial charge is 0.339 e. The van der Waals surface area contributed by atoms with Crippen LogP contribution in [-0.4, -0.2) is 42.5 Å². The molecule has 0 aromatic heterocycles. The molecule has 1 rings (SSSR count). The van der Waals surface area contributed by atoms with Crippen molar-refractivity contribution in [3.8, 4) is 0 Å². The number of ether oxygens (including phenoxy) is 2. The van der Waals surface area contributed by atoms with Crippen LogP contribution in [0.15, 0.2) is 18.2 Å². The number of nitro benzene ring substituents is 1. The number of amides is 1. The molecule has 142 valence electrons. The van der Waals surface area contributed by atoms with Crippen LogP contribution in [0.4, 0.5) is 5.69 Å². The van der Waals surface area contributed by atoms with E-state index in [4.69, 9.17) is 4.74 Å². The van der Waals surface area contributed by atoms with Crippen molar-refractivity contribution in [3.63, 3.8) is 0 Å². The summed E-state index contributed by atoms with van der Waals surface area (Å²) in [5, 5.41) is 13.4. The molecule has 1 N–H and O–H groups in total. The van der Waals surface area contributed by atoms with E-state index < -0.39 is 35.4 Å². The van der Waals surface area contributed by atoms with Crippen LogP contribution >= 0.6 is 0 Å². The Balaban J connectivity index is 2.72. The molecule has 9 nitrogen and oxygen atoms in total. The van der Waals surface area contributed by atoms with Gasteiger partial charge in [0.2, 0.25) is 0 Å². The quantitative estimate of drug-likeness (QED) is 0.422. The van der Waals surface area contributed by atoms with Crippen LogP contribution in [0.2, 0.25) is 0 Å². The van der Waals surface area contributed by atoms with Crippen molar-refractivity contribution in [1.29, 1.82) is 0 Å². The molecule has 1 aromatic carbocycles. The van der Waals surface area contributed by atoms with Gasteiger partial charge in [-0.2, -0.15) is 0 Å². The Morgan fingerprint density at radius 1 is 1.27 bits per heavy atom. The molecule has 0 aliphatic carbocycles. The van der Waals surface area contributed by atoms with Gasteiger partial charge in [0.25, 0.3) is 11.6 Å². The van der Waals surface area contributed by atoms with Gasteiger partial charge in [0.15, 0.2) is 6.61 Å². The van der Waals surface area contributed by atoms with Crippen LogP contribution in [-0.2, 0) is 19.1 Å². The average Bonchev–Trinajstić information content (AvgIpc) is 2.57. The Kier molecular flexibility index (Phi) is 7.70. The van der Waals surface area contributed by atoms with Gasteiger partial charge in [0, 0.05) is 11.6 Å². The predicted octanol–water partition coefficient (Wildman–Crippen LogP) is 1.76. The van der Waals surface area contributed by atoms with Gasteiger partial charge in [0.05, 0.1) is 17.6 Å². The third-order valence-corrected chi connectivity index (χ3v) is 3.58. The SMILES string of the molecule is COC(=O)[C@H](CC(C)C)NC(=O)COC(=O)c1cccc([N+](=O)[O-])c1C. The molecule has 1 amide bonds. The molecule has 0 spiro atoms. The zero-order valence-corrected chi connectivity index (χ0v) is 15.1. The molecule has 1 atom stereocenters. The van der Waals surface area contributed by atoms with Crippen molar-refractivity contribution < 1.29 is 28.8 Å². The van der Waals surface area contributed by atoms with Gasteiger partial charge in [-0.25, -0.2) is 9.59 Å². The van der Waals surface area contributed by atoms with Crippen molar-refractivity contribution >= 4 is 23.5 Å². The first kappa shape index (κ1) is 21.1. The number of hydrogen-bond donors (Lipinski definition) is 1. The summed E-state index contributed by atoms with van der Waals surface area (Å²) in [6.07, 6.45) is 0.371. The van der Waals surface area contributed by atoms with Crippen LogP contribution in [0.1, 0.15) is 36.2 Å². The zero-order valence-electron chi connectivity index (χ0n) is 15.1. The second-order valence-electron chi connectivity index (χ2n) is 6.06. The van der Waals surface area contributed by atoms with Crippen LogP contribution in [0.3, 0.4) is 0 Å². The Hall–Kier alpha value is -2.97. The number of nitro groups is 1. The monoisotopic (exact) mass is 366 g/mol. The molecule has 0 radical (unpaired) electrons. The Labute approximate surface area is 150 Å². The largest absolute Gasteiger partial charge is 0.467 e. The molecule has 1 aromatic rings. The molecule has 26 heavy (non-hydrogen) atoms. The van der Waals surface area contributed by atoms with E-state index in [-0.39, 0.29) is 22.7 Å². The first-order chi connectivity index (χ1) is 12.2. The fourth-order valence-corrected chi connectivity index (χ4v) is 2.31. The molecule has 9 heteroatoms. The number of esters is 2. The summed E-state index contributed by atoms with van der Waals surface area (Å²) in [6, 6.07) is 3.16. The van der Waals surface area contributed by atoms with E-state index in [1.54, 1.807) is 0 Å².